The Hall–Kier alpha value is -2.44. The summed E-state index contributed by atoms with van der Waals surface area (Å²) in [5, 5.41) is 12.8. The Kier molecular flexibility index (Phi) is 9.09. The zero-order valence-corrected chi connectivity index (χ0v) is 17.5. The van der Waals surface area contributed by atoms with E-state index >= 15 is 0 Å². The number of hydrogen-bond donors (Lipinski definition) is 2. The van der Waals surface area contributed by atoms with Gasteiger partial charge in [-0.05, 0) is 36.2 Å². The van der Waals surface area contributed by atoms with E-state index in [-0.39, 0.29) is 19.6 Å². The molecule has 6 nitrogen and oxygen atoms in total. The minimum absolute atomic E-state index is 0.120. The van der Waals surface area contributed by atoms with Gasteiger partial charge in [0.05, 0.1) is 6.61 Å². The molecule has 8 heteroatoms. The van der Waals surface area contributed by atoms with Crippen LogP contribution in [0.3, 0.4) is 0 Å². The smallest absolute Gasteiger partial charge is 0.407 e. The van der Waals surface area contributed by atoms with Crippen LogP contribution in [0, 0.1) is 0 Å². The first-order valence-corrected chi connectivity index (χ1v) is 9.97. The molecule has 2 aromatic carbocycles. The number of carboxylic acids is 1. The fraction of sp³-hybridized carbons (Fsp3) is 0.333. The Morgan fingerprint density at radius 3 is 2.34 bits per heavy atom. The summed E-state index contributed by atoms with van der Waals surface area (Å²) < 4.78 is 10.7. The van der Waals surface area contributed by atoms with Crippen molar-refractivity contribution in [2.45, 2.75) is 38.8 Å². The normalized spacial score (nSPS) is 11.6. The zero-order chi connectivity index (χ0) is 21.2. The quantitative estimate of drug-likeness (QED) is 0.503. The highest BCUT2D eigenvalue weighted by atomic mass is 35.5. The summed E-state index contributed by atoms with van der Waals surface area (Å²) in [5.41, 5.74) is 1.42. The van der Waals surface area contributed by atoms with E-state index in [1.165, 1.54) is 0 Å². The Morgan fingerprint density at radius 1 is 1.10 bits per heavy atom. The van der Waals surface area contributed by atoms with Crippen molar-refractivity contribution in [1.82, 2.24) is 5.32 Å². The molecule has 0 spiro atoms. The molecule has 1 amide bonds. The van der Waals surface area contributed by atoms with E-state index in [4.69, 9.17) is 32.7 Å². The third kappa shape index (κ3) is 7.48. The lowest BCUT2D eigenvalue weighted by Crippen LogP contribution is -2.42. The fourth-order valence-electron chi connectivity index (χ4n) is 2.48. The number of unbranched alkanes of at least 4 members (excludes halogenated alkanes) is 1. The number of amides is 1. The van der Waals surface area contributed by atoms with Gasteiger partial charge in [0.25, 0.3) is 0 Å². The van der Waals surface area contributed by atoms with Gasteiger partial charge in [0.2, 0.25) is 0 Å². The lowest BCUT2D eigenvalue weighted by atomic mass is 10.1. The van der Waals surface area contributed by atoms with Gasteiger partial charge in [-0.1, -0.05) is 54.7 Å². The molecule has 0 aromatic heterocycles. The molecule has 0 bridgehead atoms. The van der Waals surface area contributed by atoms with Crippen molar-refractivity contribution < 1.29 is 24.2 Å². The predicted molar refractivity (Wildman–Crippen MR) is 112 cm³/mol. The number of rotatable bonds is 10. The van der Waals surface area contributed by atoms with E-state index in [0.29, 0.717) is 21.4 Å². The maximum Gasteiger partial charge on any atom is 0.407 e. The van der Waals surface area contributed by atoms with Crippen molar-refractivity contribution in [3.63, 3.8) is 0 Å². The van der Waals surface area contributed by atoms with E-state index < -0.39 is 18.1 Å². The van der Waals surface area contributed by atoms with Gasteiger partial charge < -0.3 is 19.9 Å². The Morgan fingerprint density at radius 2 is 1.76 bits per heavy atom. The number of carbonyl (C=O) groups excluding carboxylic acids is 1. The monoisotopic (exact) mass is 439 g/mol. The van der Waals surface area contributed by atoms with Crippen LogP contribution in [0.1, 0.15) is 30.9 Å². The van der Waals surface area contributed by atoms with Crippen molar-refractivity contribution in [1.29, 1.82) is 0 Å². The first kappa shape index (κ1) is 22.8. The second-order valence-corrected chi connectivity index (χ2v) is 7.18. The van der Waals surface area contributed by atoms with Gasteiger partial charge in [0.1, 0.15) is 18.4 Å². The van der Waals surface area contributed by atoms with Crippen LogP contribution in [0.25, 0.3) is 0 Å². The van der Waals surface area contributed by atoms with Gasteiger partial charge in [0.15, 0.2) is 0 Å². The van der Waals surface area contributed by atoms with E-state index in [0.717, 1.165) is 18.4 Å². The average molecular weight is 440 g/mol. The predicted octanol–water partition coefficient (Wildman–Crippen LogP) is 5.09. The highest BCUT2D eigenvalue weighted by Gasteiger charge is 2.21. The van der Waals surface area contributed by atoms with Crippen LogP contribution in [0.15, 0.2) is 42.5 Å². The maximum atomic E-state index is 11.7. The van der Waals surface area contributed by atoms with Gasteiger partial charge in [-0.3, -0.25) is 0 Å². The minimum atomic E-state index is -1.13. The SMILES string of the molecule is CCCCOC(=O)N[C@@H](Cc1ccc(OCc2c(Cl)cccc2Cl)cc1)C(=O)O. The van der Waals surface area contributed by atoms with Gasteiger partial charge in [-0.15, -0.1) is 0 Å². The van der Waals surface area contributed by atoms with E-state index in [1.807, 2.05) is 6.92 Å². The topological polar surface area (TPSA) is 84.9 Å². The van der Waals surface area contributed by atoms with Crippen molar-refractivity contribution in [3.8, 4) is 5.75 Å². The molecular weight excluding hydrogens is 417 g/mol. The second kappa shape index (κ2) is 11.5. The van der Waals surface area contributed by atoms with Crippen LogP contribution in [-0.4, -0.2) is 29.8 Å². The molecule has 0 radical (unpaired) electrons. The molecule has 0 unspecified atom stereocenters. The number of alkyl carbamates (subject to hydrolysis) is 1. The molecule has 0 saturated carbocycles. The number of carboxylic acid groups (broad SMARTS) is 1. The van der Waals surface area contributed by atoms with Crippen LogP contribution >= 0.6 is 23.2 Å². The molecule has 0 saturated heterocycles. The molecule has 1 atom stereocenters. The first-order chi connectivity index (χ1) is 13.9. The van der Waals surface area contributed by atoms with Crippen LogP contribution < -0.4 is 10.1 Å². The molecule has 0 aliphatic heterocycles. The number of benzene rings is 2. The van der Waals surface area contributed by atoms with E-state index in [9.17, 15) is 14.7 Å². The number of carbonyl (C=O) groups is 2. The summed E-state index contributed by atoms with van der Waals surface area (Å²) in [6.45, 7) is 2.44. The number of ether oxygens (including phenoxy) is 2. The van der Waals surface area contributed by atoms with E-state index in [1.54, 1.807) is 42.5 Å². The van der Waals surface area contributed by atoms with Crippen LogP contribution in [0.5, 0.6) is 5.75 Å². The Bertz CT molecular complexity index is 806. The number of nitrogens with one attached hydrogen (secondary N) is 1. The largest absolute Gasteiger partial charge is 0.489 e. The zero-order valence-electron chi connectivity index (χ0n) is 16.0. The number of aliphatic carboxylic acids is 1. The summed E-state index contributed by atoms with van der Waals surface area (Å²) >= 11 is 12.2. The Balaban J connectivity index is 1.92. The van der Waals surface area contributed by atoms with Crippen LogP contribution in [0.4, 0.5) is 4.79 Å². The lowest BCUT2D eigenvalue weighted by Gasteiger charge is -2.15. The second-order valence-electron chi connectivity index (χ2n) is 6.36. The molecule has 156 valence electrons. The molecule has 29 heavy (non-hydrogen) atoms. The highest BCUT2D eigenvalue weighted by Crippen LogP contribution is 2.26. The van der Waals surface area contributed by atoms with Crippen molar-refractivity contribution >= 4 is 35.3 Å². The van der Waals surface area contributed by atoms with Gasteiger partial charge in [0, 0.05) is 22.0 Å². The van der Waals surface area contributed by atoms with Gasteiger partial charge in [-0.2, -0.15) is 0 Å². The molecule has 0 heterocycles. The highest BCUT2D eigenvalue weighted by molar-refractivity contribution is 6.35. The molecule has 2 N–H and O–H groups in total. The molecule has 0 fully saturated rings. The maximum absolute atomic E-state index is 11.7. The molecular formula is C21H23Cl2NO5. The van der Waals surface area contributed by atoms with Crippen molar-refractivity contribution in [2.24, 2.45) is 0 Å². The first-order valence-electron chi connectivity index (χ1n) is 9.21. The lowest BCUT2D eigenvalue weighted by molar-refractivity contribution is -0.139. The molecule has 2 aromatic rings. The standard InChI is InChI=1S/C21H23Cl2NO5/c1-2-3-11-28-21(27)24-19(20(25)26)12-14-7-9-15(10-8-14)29-13-16-17(22)5-4-6-18(16)23/h4-10,19H,2-3,11-13H2,1H3,(H,24,27)(H,25,26)/t19-/m0/s1. The van der Waals surface area contributed by atoms with Crippen LogP contribution in [-0.2, 0) is 22.6 Å². The van der Waals surface area contributed by atoms with Gasteiger partial charge in [-0.25, -0.2) is 9.59 Å². The third-order valence-corrected chi connectivity index (χ3v) is 4.84. The summed E-state index contributed by atoms with van der Waals surface area (Å²) in [6.07, 6.45) is 0.996. The Labute approximate surface area is 179 Å². The van der Waals surface area contributed by atoms with Crippen molar-refractivity contribution in [2.75, 3.05) is 6.61 Å². The number of hydrogen-bond acceptors (Lipinski definition) is 4. The molecule has 2 rings (SSSR count). The van der Waals surface area contributed by atoms with Crippen LogP contribution in [0.2, 0.25) is 10.0 Å². The molecule has 0 aliphatic carbocycles. The fourth-order valence-corrected chi connectivity index (χ4v) is 2.98. The van der Waals surface area contributed by atoms with E-state index in [2.05, 4.69) is 5.32 Å². The summed E-state index contributed by atoms with van der Waals surface area (Å²) in [6, 6.07) is 11.1. The summed E-state index contributed by atoms with van der Waals surface area (Å²) in [4.78, 5) is 23.2. The summed E-state index contributed by atoms with van der Waals surface area (Å²) in [5.74, 6) is -0.547. The van der Waals surface area contributed by atoms with Gasteiger partial charge >= 0.3 is 12.1 Å². The van der Waals surface area contributed by atoms with Crippen molar-refractivity contribution in [3.05, 3.63) is 63.6 Å². The minimum Gasteiger partial charge on any atom is -0.489 e. The third-order valence-electron chi connectivity index (χ3n) is 4.13. The average Bonchev–Trinajstić information content (AvgIpc) is 2.68. The number of halogens is 2. The molecule has 0 aliphatic rings. The summed E-state index contributed by atoms with van der Waals surface area (Å²) in [7, 11) is 0.